The molecule has 0 bridgehead atoms. The topological polar surface area (TPSA) is 17.0 Å². The highest BCUT2D eigenvalue weighted by atomic mass is 79.9. The summed E-state index contributed by atoms with van der Waals surface area (Å²) in [4.78, 5) is 0. The van der Waals surface area contributed by atoms with Gasteiger partial charge in [0.15, 0.2) is 0 Å². The lowest BCUT2D eigenvalue weighted by Gasteiger charge is -2.24. The van der Waals surface area contributed by atoms with Gasteiger partial charge in [-0.3, -0.25) is 0 Å². The number of aromatic nitrogens is 1. The van der Waals surface area contributed by atoms with Crippen molar-refractivity contribution in [1.29, 1.82) is 0 Å². The van der Waals surface area contributed by atoms with Gasteiger partial charge in [-0.25, -0.2) is 0 Å². The molecule has 1 aromatic heterocycles. The molecule has 1 N–H and O–H groups in total. The van der Waals surface area contributed by atoms with Crippen LogP contribution in [0.3, 0.4) is 0 Å². The van der Waals surface area contributed by atoms with Crippen molar-refractivity contribution < 1.29 is 0 Å². The van der Waals surface area contributed by atoms with Crippen LogP contribution >= 0.6 is 15.9 Å². The molecule has 2 nitrogen and oxygen atoms in total. The molecule has 1 saturated heterocycles. The Morgan fingerprint density at radius 3 is 2.72 bits per heavy atom. The summed E-state index contributed by atoms with van der Waals surface area (Å²) in [7, 11) is 2.20. The molecule has 3 rings (SSSR count). The molecule has 96 valence electrons. The summed E-state index contributed by atoms with van der Waals surface area (Å²) in [5, 5.41) is 4.79. The zero-order valence-electron chi connectivity index (χ0n) is 11.0. The molecule has 2 aromatic rings. The van der Waals surface area contributed by atoms with Crippen molar-refractivity contribution in [2.24, 2.45) is 7.05 Å². The third-order valence-electron chi connectivity index (χ3n) is 4.06. The fourth-order valence-electron chi connectivity index (χ4n) is 3.07. The second kappa shape index (κ2) is 4.71. The maximum atomic E-state index is 3.82. The van der Waals surface area contributed by atoms with E-state index in [1.54, 1.807) is 0 Å². The van der Waals surface area contributed by atoms with Crippen molar-refractivity contribution in [3.63, 3.8) is 0 Å². The molecule has 0 saturated carbocycles. The first-order valence-electron chi connectivity index (χ1n) is 6.63. The van der Waals surface area contributed by atoms with Gasteiger partial charge in [0.25, 0.3) is 0 Å². The monoisotopic (exact) mass is 306 g/mol. The van der Waals surface area contributed by atoms with Crippen LogP contribution in [0, 0.1) is 6.92 Å². The Morgan fingerprint density at radius 2 is 2.00 bits per heavy atom. The molecule has 0 atom stereocenters. The van der Waals surface area contributed by atoms with Crippen LogP contribution < -0.4 is 5.32 Å². The van der Waals surface area contributed by atoms with Gasteiger partial charge in [-0.15, -0.1) is 0 Å². The predicted molar refractivity (Wildman–Crippen MR) is 80.2 cm³/mol. The molecule has 0 amide bonds. The molecule has 18 heavy (non-hydrogen) atoms. The number of benzene rings is 1. The molecular formula is C15H19BrN2. The van der Waals surface area contributed by atoms with Crippen molar-refractivity contribution in [2.45, 2.75) is 25.7 Å². The van der Waals surface area contributed by atoms with Crippen LogP contribution in [0.2, 0.25) is 0 Å². The van der Waals surface area contributed by atoms with Crippen LogP contribution in [0.25, 0.3) is 10.9 Å². The first-order chi connectivity index (χ1) is 8.68. The van der Waals surface area contributed by atoms with Gasteiger partial charge in [0.1, 0.15) is 0 Å². The Hall–Kier alpha value is -0.800. The first kappa shape index (κ1) is 12.2. The van der Waals surface area contributed by atoms with Crippen molar-refractivity contribution in [2.75, 3.05) is 13.1 Å². The van der Waals surface area contributed by atoms with E-state index >= 15 is 0 Å². The number of nitrogens with one attached hydrogen (secondary N) is 1. The minimum Gasteiger partial charge on any atom is -0.346 e. The molecule has 0 spiro atoms. The number of nitrogens with zero attached hydrogens (tertiary/aromatic N) is 1. The average molecular weight is 307 g/mol. The minimum absolute atomic E-state index is 0.679. The standard InChI is InChI=1S/C15H19BrN2/c1-10-3-4-12-13(9-10)18(2)15(14(12)16)11-5-7-17-8-6-11/h3-4,9,11,17H,5-8H2,1-2H3. The number of halogens is 1. The molecule has 1 aliphatic rings. The quantitative estimate of drug-likeness (QED) is 0.850. The van der Waals surface area contributed by atoms with E-state index in [1.807, 2.05) is 0 Å². The van der Waals surface area contributed by atoms with Gasteiger partial charge in [-0.2, -0.15) is 0 Å². The van der Waals surface area contributed by atoms with E-state index in [-0.39, 0.29) is 0 Å². The van der Waals surface area contributed by atoms with Crippen molar-refractivity contribution in [1.82, 2.24) is 9.88 Å². The van der Waals surface area contributed by atoms with Gasteiger partial charge < -0.3 is 9.88 Å². The smallest absolute Gasteiger partial charge is 0.0494 e. The third kappa shape index (κ3) is 1.90. The van der Waals surface area contributed by atoms with E-state index in [4.69, 9.17) is 0 Å². The Kier molecular flexibility index (Phi) is 3.20. The molecule has 0 unspecified atom stereocenters. The van der Waals surface area contributed by atoms with Crippen LogP contribution in [-0.2, 0) is 7.05 Å². The molecule has 1 aromatic carbocycles. The Balaban J connectivity index is 2.16. The van der Waals surface area contributed by atoms with Gasteiger partial charge in [-0.05, 0) is 60.4 Å². The van der Waals surface area contributed by atoms with Gasteiger partial charge in [0, 0.05) is 34.0 Å². The van der Waals surface area contributed by atoms with Crippen LogP contribution in [-0.4, -0.2) is 17.7 Å². The van der Waals surface area contributed by atoms with E-state index in [9.17, 15) is 0 Å². The summed E-state index contributed by atoms with van der Waals surface area (Å²) < 4.78 is 3.68. The normalized spacial score (nSPS) is 17.5. The van der Waals surface area contributed by atoms with E-state index in [1.165, 1.54) is 39.5 Å². The Bertz CT molecular complexity index is 580. The van der Waals surface area contributed by atoms with Crippen LogP contribution in [0.1, 0.15) is 30.0 Å². The molecular weight excluding hydrogens is 288 g/mol. The highest BCUT2D eigenvalue weighted by molar-refractivity contribution is 9.10. The van der Waals surface area contributed by atoms with Gasteiger partial charge in [-0.1, -0.05) is 12.1 Å². The van der Waals surface area contributed by atoms with Gasteiger partial charge in [0.05, 0.1) is 0 Å². The van der Waals surface area contributed by atoms with E-state index in [0.717, 1.165) is 13.1 Å². The highest BCUT2D eigenvalue weighted by Crippen LogP contribution is 2.38. The SMILES string of the molecule is Cc1ccc2c(Br)c(C3CCNCC3)n(C)c2c1. The van der Waals surface area contributed by atoms with Crippen LogP contribution in [0.4, 0.5) is 0 Å². The van der Waals surface area contributed by atoms with E-state index in [0.29, 0.717) is 5.92 Å². The minimum atomic E-state index is 0.679. The lowest BCUT2D eigenvalue weighted by Crippen LogP contribution is -2.27. The number of rotatable bonds is 1. The van der Waals surface area contributed by atoms with E-state index in [2.05, 4.69) is 58.0 Å². The van der Waals surface area contributed by atoms with Crippen molar-refractivity contribution >= 4 is 26.8 Å². The number of hydrogen-bond acceptors (Lipinski definition) is 1. The second-order valence-corrected chi connectivity index (χ2v) is 6.10. The first-order valence-corrected chi connectivity index (χ1v) is 7.43. The van der Waals surface area contributed by atoms with Crippen LogP contribution in [0.15, 0.2) is 22.7 Å². The maximum Gasteiger partial charge on any atom is 0.0494 e. The zero-order chi connectivity index (χ0) is 12.7. The van der Waals surface area contributed by atoms with Crippen LogP contribution in [0.5, 0.6) is 0 Å². The molecule has 0 radical (unpaired) electrons. The summed E-state index contributed by atoms with van der Waals surface area (Å²) in [5.41, 5.74) is 4.14. The number of aryl methyl sites for hydroxylation is 2. The lowest BCUT2D eigenvalue weighted by atomic mass is 9.94. The molecule has 2 heterocycles. The lowest BCUT2D eigenvalue weighted by molar-refractivity contribution is 0.445. The fraction of sp³-hybridized carbons (Fsp3) is 0.467. The van der Waals surface area contributed by atoms with Gasteiger partial charge >= 0.3 is 0 Å². The summed E-state index contributed by atoms with van der Waals surface area (Å²) in [5.74, 6) is 0.679. The predicted octanol–water partition coefficient (Wildman–Crippen LogP) is 3.72. The molecule has 1 fully saturated rings. The summed E-state index contributed by atoms with van der Waals surface area (Å²) in [6.45, 7) is 4.43. The number of fused-ring (bicyclic) bond motifs is 1. The highest BCUT2D eigenvalue weighted by Gasteiger charge is 2.23. The molecule has 1 aliphatic heterocycles. The fourth-order valence-corrected chi connectivity index (χ4v) is 3.99. The van der Waals surface area contributed by atoms with Gasteiger partial charge in [0.2, 0.25) is 0 Å². The molecule has 0 aliphatic carbocycles. The molecule has 3 heteroatoms. The third-order valence-corrected chi connectivity index (χ3v) is 4.90. The van der Waals surface area contributed by atoms with Crippen molar-refractivity contribution in [3.05, 3.63) is 33.9 Å². The largest absolute Gasteiger partial charge is 0.346 e. The number of hydrogen-bond donors (Lipinski definition) is 1. The summed E-state index contributed by atoms with van der Waals surface area (Å²) in [6, 6.07) is 6.71. The Labute approximate surface area is 116 Å². The second-order valence-electron chi connectivity index (χ2n) is 5.30. The van der Waals surface area contributed by atoms with Crippen molar-refractivity contribution in [3.8, 4) is 0 Å². The van der Waals surface area contributed by atoms with E-state index < -0.39 is 0 Å². The Morgan fingerprint density at radius 1 is 1.28 bits per heavy atom. The average Bonchev–Trinajstić information content (AvgIpc) is 2.63. The summed E-state index contributed by atoms with van der Waals surface area (Å²) in [6.07, 6.45) is 2.48. The maximum absolute atomic E-state index is 3.82. The zero-order valence-corrected chi connectivity index (χ0v) is 12.5. The summed E-state index contributed by atoms with van der Waals surface area (Å²) >= 11 is 3.82. The number of piperidine rings is 1.